The number of hydrogen-bond donors (Lipinski definition) is 0. The second-order valence-corrected chi connectivity index (χ2v) is 3.36. The normalized spacial score (nSPS) is 10.4. The van der Waals surface area contributed by atoms with E-state index >= 15 is 0 Å². The van der Waals surface area contributed by atoms with Crippen molar-refractivity contribution in [2.24, 2.45) is 0 Å². The van der Waals surface area contributed by atoms with E-state index in [0.29, 0.717) is 0 Å². The molecule has 0 radical (unpaired) electrons. The summed E-state index contributed by atoms with van der Waals surface area (Å²) in [6.45, 7) is 0. The standard InChI is InChI=1S/C13H8F3O.BrH.Zn/c14-13(15,16)17-12-8-6-11(7-9-12)10-4-2-1-3-5-10;;/h1-2,4-9H;1H;/q-1;;+2/p-1. The van der Waals surface area contributed by atoms with E-state index in [0.717, 1.165) is 11.1 Å². The predicted octanol–water partition coefficient (Wildman–Crippen LogP) is 4.90. The fraction of sp³-hybridized carbons (Fsp3) is 0.0769. The Morgan fingerprint density at radius 2 is 1.63 bits per heavy atom. The van der Waals surface area contributed by atoms with Crippen molar-refractivity contribution >= 4 is 13.6 Å². The molecular weight excluding hydrogens is 374 g/mol. The molecule has 96 valence electrons. The third-order valence-corrected chi connectivity index (χ3v) is 2.13. The number of ether oxygens (including phenoxy) is 1. The number of alkyl halides is 3. The zero-order chi connectivity index (χ0) is 14.3. The summed E-state index contributed by atoms with van der Waals surface area (Å²) in [5, 5.41) is 0. The topological polar surface area (TPSA) is 9.23 Å². The summed E-state index contributed by atoms with van der Waals surface area (Å²) in [6.07, 6.45) is -4.65. The van der Waals surface area contributed by atoms with Crippen LogP contribution in [0.25, 0.3) is 11.1 Å². The molecule has 19 heavy (non-hydrogen) atoms. The summed E-state index contributed by atoms with van der Waals surface area (Å²) in [7, 11) is 0. The Hall–Kier alpha value is -0.867. The van der Waals surface area contributed by atoms with Crippen molar-refractivity contribution in [1.29, 1.82) is 0 Å². The molecule has 1 nitrogen and oxygen atoms in total. The van der Waals surface area contributed by atoms with Gasteiger partial charge in [0, 0.05) is 0 Å². The van der Waals surface area contributed by atoms with Gasteiger partial charge in [-0.15, -0.1) is 18.7 Å². The molecule has 0 unspecified atom stereocenters. The van der Waals surface area contributed by atoms with Crippen LogP contribution in [0.15, 0.2) is 48.5 Å². The molecular formula is C13H8BrF3OZn. The molecule has 0 bridgehead atoms. The summed E-state index contributed by atoms with van der Waals surface area (Å²) in [5.74, 6) is -0.221. The van der Waals surface area contributed by atoms with Crippen molar-refractivity contribution in [3.8, 4) is 16.9 Å². The van der Waals surface area contributed by atoms with Crippen LogP contribution in [0.4, 0.5) is 13.2 Å². The molecule has 0 spiro atoms. The van der Waals surface area contributed by atoms with Gasteiger partial charge in [-0.25, -0.2) is 0 Å². The van der Waals surface area contributed by atoms with Gasteiger partial charge in [-0.2, -0.15) is 30.3 Å². The molecule has 0 atom stereocenters. The molecule has 0 saturated carbocycles. The van der Waals surface area contributed by atoms with Crippen LogP contribution in [0, 0.1) is 6.07 Å². The van der Waals surface area contributed by atoms with Gasteiger partial charge in [0.1, 0.15) is 5.75 Å². The first-order valence-corrected chi connectivity index (χ1v) is 12.1. The van der Waals surface area contributed by atoms with Gasteiger partial charge < -0.3 is 4.74 Å². The maximum absolute atomic E-state index is 11.9. The Morgan fingerprint density at radius 1 is 1.00 bits per heavy atom. The fourth-order valence-electron chi connectivity index (χ4n) is 1.42. The van der Waals surface area contributed by atoms with Gasteiger partial charge in [-0.3, -0.25) is 0 Å². The number of halogens is 4. The van der Waals surface area contributed by atoms with Crippen LogP contribution in [-0.4, -0.2) is 6.36 Å². The van der Waals surface area contributed by atoms with Crippen LogP contribution in [-0.2, 0) is 16.3 Å². The average molecular weight is 382 g/mol. The quantitative estimate of drug-likeness (QED) is 0.530. The molecule has 2 aromatic carbocycles. The molecule has 0 amide bonds. The van der Waals surface area contributed by atoms with Crippen molar-refractivity contribution in [2.45, 2.75) is 6.36 Å². The molecule has 0 aliphatic heterocycles. The van der Waals surface area contributed by atoms with Gasteiger partial charge in [0.15, 0.2) is 0 Å². The van der Waals surface area contributed by atoms with E-state index in [1.54, 1.807) is 24.3 Å². The van der Waals surface area contributed by atoms with Crippen molar-refractivity contribution in [3.63, 3.8) is 0 Å². The van der Waals surface area contributed by atoms with Gasteiger partial charge in [0.05, 0.1) is 0 Å². The van der Waals surface area contributed by atoms with E-state index in [4.69, 9.17) is 0 Å². The minimum atomic E-state index is -4.65. The van der Waals surface area contributed by atoms with E-state index in [1.165, 1.54) is 28.5 Å². The van der Waals surface area contributed by atoms with E-state index < -0.39 is 6.36 Å². The van der Waals surface area contributed by atoms with Crippen LogP contribution in [0.5, 0.6) is 5.75 Å². The molecule has 0 fully saturated rings. The molecule has 0 aliphatic rings. The SMILES string of the molecule is FC(F)(F)Oc1ccc(-c2c[c-]ccc2)cc1.[Zn+][Br]. The minimum absolute atomic E-state index is 0.221. The van der Waals surface area contributed by atoms with E-state index in [9.17, 15) is 13.2 Å². The van der Waals surface area contributed by atoms with E-state index in [2.05, 4.69) is 24.4 Å². The third kappa shape index (κ3) is 5.75. The molecule has 2 rings (SSSR count). The Kier molecular flexibility index (Phi) is 6.52. The van der Waals surface area contributed by atoms with Crippen molar-refractivity contribution in [2.75, 3.05) is 0 Å². The second-order valence-electron chi connectivity index (χ2n) is 3.36. The number of hydrogen-bond acceptors (Lipinski definition) is 1. The zero-order valence-corrected chi connectivity index (χ0v) is 14.3. The number of benzene rings is 2. The fourth-order valence-corrected chi connectivity index (χ4v) is 1.42. The first-order chi connectivity index (χ1) is 9.04. The molecule has 0 saturated heterocycles. The summed E-state index contributed by atoms with van der Waals surface area (Å²) in [6, 6.07) is 15.8. The first kappa shape index (κ1) is 16.2. The predicted molar refractivity (Wildman–Crippen MR) is 66.3 cm³/mol. The van der Waals surface area contributed by atoms with Crippen LogP contribution in [0.2, 0.25) is 0 Å². The molecule has 0 N–H and O–H groups in total. The van der Waals surface area contributed by atoms with E-state index in [1.807, 2.05) is 12.1 Å². The molecule has 2 aromatic rings. The first-order valence-electron chi connectivity index (χ1n) is 5.14. The Labute approximate surface area is 125 Å². The van der Waals surface area contributed by atoms with Gasteiger partial charge >= 0.3 is 36.3 Å². The number of rotatable bonds is 2. The van der Waals surface area contributed by atoms with Crippen molar-refractivity contribution < 1.29 is 34.3 Å². The molecule has 0 aromatic heterocycles. The van der Waals surface area contributed by atoms with Crippen LogP contribution in [0.3, 0.4) is 0 Å². The maximum atomic E-state index is 11.9. The molecule has 0 heterocycles. The Morgan fingerprint density at radius 3 is 2.11 bits per heavy atom. The van der Waals surface area contributed by atoms with Gasteiger partial charge in [0.2, 0.25) is 0 Å². The van der Waals surface area contributed by atoms with Gasteiger partial charge in [-0.05, 0) is 12.1 Å². The van der Waals surface area contributed by atoms with E-state index in [-0.39, 0.29) is 5.75 Å². The summed E-state index contributed by atoms with van der Waals surface area (Å²) in [5.41, 5.74) is 1.71. The third-order valence-electron chi connectivity index (χ3n) is 2.13. The average Bonchev–Trinajstić information content (AvgIpc) is 2.41. The summed E-state index contributed by atoms with van der Waals surface area (Å²) >= 11 is 4.25. The van der Waals surface area contributed by atoms with Crippen LogP contribution >= 0.6 is 13.6 Å². The van der Waals surface area contributed by atoms with Gasteiger partial charge in [0.25, 0.3) is 0 Å². The monoisotopic (exact) mass is 380 g/mol. The van der Waals surface area contributed by atoms with Gasteiger partial charge in [-0.1, -0.05) is 17.7 Å². The zero-order valence-electron chi connectivity index (χ0n) is 9.75. The molecule has 6 heteroatoms. The van der Waals surface area contributed by atoms with Crippen LogP contribution < -0.4 is 4.74 Å². The van der Waals surface area contributed by atoms with Crippen LogP contribution in [0.1, 0.15) is 0 Å². The summed E-state index contributed by atoms with van der Waals surface area (Å²) < 4.78 is 39.6. The Bertz CT molecular complexity index is 485. The molecule has 0 aliphatic carbocycles. The Balaban J connectivity index is 0.000000861. The van der Waals surface area contributed by atoms with Crippen molar-refractivity contribution in [3.05, 3.63) is 54.6 Å². The second kappa shape index (κ2) is 7.66. The van der Waals surface area contributed by atoms with Crippen molar-refractivity contribution in [1.82, 2.24) is 0 Å². The summed E-state index contributed by atoms with van der Waals surface area (Å²) in [4.78, 5) is 0.